The van der Waals surface area contributed by atoms with E-state index in [1.807, 2.05) is 0 Å². The van der Waals surface area contributed by atoms with Crippen molar-refractivity contribution in [2.45, 2.75) is 6.18 Å². The number of amides is 2. The molecule has 0 radical (unpaired) electrons. The first-order valence-electron chi connectivity index (χ1n) is 8.47. The summed E-state index contributed by atoms with van der Waals surface area (Å²) in [6, 6.07) is 13.9. The number of nitrogens with one attached hydrogen (secondary N) is 3. The van der Waals surface area contributed by atoms with Gasteiger partial charge >= 0.3 is 6.18 Å². The number of hydrogen-bond donors (Lipinski definition) is 3. The van der Waals surface area contributed by atoms with E-state index in [1.165, 1.54) is 35.6 Å². The summed E-state index contributed by atoms with van der Waals surface area (Å²) in [5, 5.41) is 9.66. The summed E-state index contributed by atoms with van der Waals surface area (Å²) in [6.07, 6.45) is -4.49. The number of hydrogen-bond acceptors (Lipinski definition) is 4. The fourth-order valence-corrected chi connectivity index (χ4v) is 3.25. The minimum Gasteiger partial charge on any atom is -0.332 e. The van der Waals surface area contributed by atoms with Crippen LogP contribution in [0.5, 0.6) is 0 Å². The number of benzene rings is 2. The number of anilines is 2. The van der Waals surface area contributed by atoms with Crippen molar-refractivity contribution in [1.29, 1.82) is 0 Å². The fourth-order valence-electron chi connectivity index (χ4n) is 2.42. The molecule has 2 aromatic carbocycles. The van der Waals surface area contributed by atoms with Crippen LogP contribution in [0, 0.1) is 0 Å². The molecule has 0 spiro atoms. The van der Waals surface area contributed by atoms with Crippen LogP contribution >= 0.6 is 23.6 Å². The number of alkyl halides is 3. The van der Waals surface area contributed by atoms with Crippen LogP contribution in [0.1, 0.15) is 25.6 Å². The lowest BCUT2D eigenvalue weighted by Gasteiger charge is -2.11. The second-order valence-corrected chi connectivity index (χ2v) is 7.35. The Balaban J connectivity index is 1.59. The standard InChI is InChI=1S/C20H14F3N3O2S2/c21-20(22,23)13-3-1-4-15(11-13)24-17(27)12-6-8-14(9-7-12)25-19(29)26-18(28)16-5-2-10-30-16/h1-11H,(H,24,27)(H2,25,26,28,29). The number of rotatable bonds is 4. The minimum atomic E-state index is -4.49. The van der Waals surface area contributed by atoms with Crippen LogP contribution in [0.15, 0.2) is 66.0 Å². The zero-order valence-corrected chi connectivity index (χ0v) is 16.8. The van der Waals surface area contributed by atoms with Crippen molar-refractivity contribution in [3.05, 3.63) is 82.0 Å². The van der Waals surface area contributed by atoms with Crippen molar-refractivity contribution in [3.63, 3.8) is 0 Å². The Labute approximate surface area is 178 Å². The molecule has 0 aliphatic rings. The highest BCUT2D eigenvalue weighted by atomic mass is 32.1. The molecular weight excluding hydrogens is 435 g/mol. The molecule has 3 aromatic rings. The predicted molar refractivity (Wildman–Crippen MR) is 114 cm³/mol. The quantitative estimate of drug-likeness (QED) is 0.482. The highest BCUT2D eigenvalue weighted by molar-refractivity contribution is 7.80. The first-order valence-corrected chi connectivity index (χ1v) is 9.76. The Morgan fingerprint density at radius 3 is 2.23 bits per heavy atom. The van der Waals surface area contributed by atoms with Crippen molar-refractivity contribution in [2.24, 2.45) is 0 Å². The van der Waals surface area contributed by atoms with Gasteiger partial charge in [-0.15, -0.1) is 11.3 Å². The maximum absolute atomic E-state index is 12.8. The molecule has 0 fully saturated rings. The van der Waals surface area contributed by atoms with E-state index in [0.29, 0.717) is 10.6 Å². The van der Waals surface area contributed by atoms with Crippen molar-refractivity contribution in [1.82, 2.24) is 5.32 Å². The molecule has 0 aliphatic heterocycles. The number of thiocarbonyl (C=S) groups is 1. The molecule has 10 heteroatoms. The van der Waals surface area contributed by atoms with Crippen LogP contribution in [-0.4, -0.2) is 16.9 Å². The van der Waals surface area contributed by atoms with E-state index in [2.05, 4.69) is 16.0 Å². The van der Waals surface area contributed by atoms with Crippen LogP contribution in [0.3, 0.4) is 0 Å². The van der Waals surface area contributed by atoms with Crippen LogP contribution in [0.4, 0.5) is 24.5 Å². The van der Waals surface area contributed by atoms with Gasteiger partial charge in [0, 0.05) is 16.9 Å². The molecule has 0 aliphatic carbocycles. The zero-order valence-electron chi connectivity index (χ0n) is 15.1. The van der Waals surface area contributed by atoms with Gasteiger partial charge in [-0.3, -0.25) is 14.9 Å². The maximum Gasteiger partial charge on any atom is 0.416 e. The summed E-state index contributed by atoms with van der Waals surface area (Å²) in [7, 11) is 0. The lowest BCUT2D eigenvalue weighted by Crippen LogP contribution is -2.33. The van der Waals surface area contributed by atoms with Crippen LogP contribution in [0.2, 0.25) is 0 Å². The van der Waals surface area contributed by atoms with Gasteiger partial charge in [0.1, 0.15) is 0 Å². The summed E-state index contributed by atoms with van der Waals surface area (Å²) in [4.78, 5) is 24.8. The fraction of sp³-hybridized carbons (Fsp3) is 0.0500. The van der Waals surface area contributed by atoms with E-state index in [9.17, 15) is 22.8 Å². The van der Waals surface area contributed by atoms with Gasteiger partial charge in [0.25, 0.3) is 11.8 Å². The Kier molecular flexibility index (Phi) is 6.48. The highest BCUT2D eigenvalue weighted by Gasteiger charge is 2.30. The molecule has 0 saturated carbocycles. The molecule has 0 unspecified atom stereocenters. The Morgan fingerprint density at radius 2 is 1.60 bits per heavy atom. The van der Waals surface area contributed by atoms with Gasteiger partial charge in [-0.25, -0.2) is 0 Å². The van der Waals surface area contributed by atoms with E-state index in [4.69, 9.17) is 12.2 Å². The van der Waals surface area contributed by atoms with E-state index in [0.717, 1.165) is 12.1 Å². The predicted octanol–water partition coefficient (Wildman–Crippen LogP) is 5.15. The molecule has 3 N–H and O–H groups in total. The molecule has 5 nitrogen and oxygen atoms in total. The van der Waals surface area contributed by atoms with E-state index in [1.54, 1.807) is 29.6 Å². The third-order valence-electron chi connectivity index (χ3n) is 3.82. The van der Waals surface area contributed by atoms with Gasteiger partial charge in [0.15, 0.2) is 5.11 Å². The largest absolute Gasteiger partial charge is 0.416 e. The molecule has 0 atom stereocenters. The third kappa shape index (κ3) is 5.65. The molecular formula is C20H14F3N3O2S2. The van der Waals surface area contributed by atoms with Gasteiger partial charge in [-0.05, 0) is 66.1 Å². The monoisotopic (exact) mass is 449 g/mol. The summed E-state index contributed by atoms with van der Waals surface area (Å²) in [5.41, 5.74) is -0.0407. The first-order chi connectivity index (χ1) is 14.2. The molecule has 154 valence electrons. The van der Waals surface area contributed by atoms with Gasteiger partial charge in [-0.2, -0.15) is 13.2 Å². The second-order valence-electron chi connectivity index (χ2n) is 6.00. The SMILES string of the molecule is O=C(Nc1cccc(C(F)(F)F)c1)c1ccc(NC(=S)NC(=O)c2cccs2)cc1. The van der Waals surface area contributed by atoms with Crippen molar-refractivity contribution < 1.29 is 22.8 Å². The molecule has 0 saturated heterocycles. The molecule has 30 heavy (non-hydrogen) atoms. The number of halogens is 3. The number of carbonyl (C=O) groups is 2. The van der Waals surface area contributed by atoms with E-state index in [-0.39, 0.29) is 22.3 Å². The van der Waals surface area contributed by atoms with Crippen molar-refractivity contribution in [3.8, 4) is 0 Å². The van der Waals surface area contributed by atoms with E-state index >= 15 is 0 Å². The molecule has 0 bridgehead atoms. The topological polar surface area (TPSA) is 70.2 Å². The number of thiophene rings is 1. The lowest BCUT2D eigenvalue weighted by atomic mass is 10.1. The average molecular weight is 449 g/mol. The zero-order chi connectivity index (χ0) is 21.7. The Bertz CT molecular complexity index is 1070. The third-order valence-corrected chi connectivity index (χ3v) is 4.90. The van der Waals surface area contributed by atoms with Crippen LogP contribution < -0.4 is 16.0 Å². The molecule has 2 amide bonds. The van der Waals surface area contributed by atoms with Crippen molar-refractivity contribution >= 4 is 51.9 Å². The van der Waals surface area contributed by atoms with Gasteiger partial charge in [0.2, 0.25) is 0 Å². The smallest absolute Gasteiger partial charge is 0.332 e. The van der Waals surface area contributed by atoms with Gasteiger partial charge in [-0.1, -0.05) is 12.1 Å². The first kappa shape index (κ1) is 21.5. The number of carbonyl (C=O) groups excluding carboxylic acids is 2. The van der Waals surface area contributed by atoms with Crippen molar-refractivity contribution in [2.75, 3.05) is 10.6 Å². The average Bonchev–Trinajstić information content (AvgIpc) is 3.23. The highest BCUT2D eigenvalue weighted by Crippen LogP contribution is 2.30. The Hall–Kier alpha value is -3.24. The van der Waals surface area contributed by atoms with E-state index < -0.39 is 17.6 Å². The van der Waals surface area contributed by atoms with Crippen LogP contribution in [-0.2, 0) is 6.18 Å². The summed E-state index contributed by atoms with van der Waals surface area (Å²) in [6.45, 7) is 0. The molecule has 1 aromatic heterocycles. The Morgan fingerprint density at radius 1 is 0.867 bits per heavy atom. The minimum absolute atomic E-state index is 0.0366. The summed E-state index contributed by atoms with van der Waals surface area (Å²) < 4.78 is 38.3. The van der Waals surface area contributed by atoms with Gasteiger partial charge in [0.05, 0.1) is 10.4 Å². The summed E-state index contributed by atoms with van der Waals surface area (Å²) >= 11 is 6.37. The normalized spacial score (nSPS) is 10.9. The van der Waals surface area contributed by atoms with Crippen LogP contribution in [0.25, 0.3) is 0 Å². The summed E-state index contributed by atoms with van der Waals surface area (Å²) in [5.74, 6) is -0.894. The van der Waals surface area contributed by atoms with Gasteiger partial charge < -0.3 is 10.6 Å². The maximum atomic E-state index is 12.8. The molecule has 1 heterocycles. The second kappa shape index (κ2) is 9.06. The molecule has 3 rings (SSSR count). The lowest BCUT2D eigenvalue weighted by molar-refractivity contribution is -0.137.